The Morgan fingerprint density at radius 3 is 2.72 bits per heavy atom. The third-order valence-electron chi connectivity index (χ3n) is 5.48. The number of rotatable bonds is 3. The van der Waals surface area contributed by atoms with Gasteiger partial charge in [-0.15, -0.1) is 16.4 Å². The Kier molecular flexibility index (Phi) is 4.50. The van der Waals surface area contributed by atoms with Crippen molar-refractivity contribution < 1.29 is 4.79 Å². The molecule has 1 saturated heterocycles. The summed E-state index contributed by atoms with van der Waals surface area (Å²) in [6.07, 6.45) is 2.11. The number of benzene rings is 1. The first-order valence-electron chi connectivity index (χ1n) is 9.90. The number of likely N-dealkylation sites (tertiary alicyclic amines) is 1. The molecule has 0 unspecified atom stereocenters. The van der Waals surface area contributed by atoms with Crippen LogP contribution in [-0.4, -0.2) is 48.5 Å². The molecule has 4 aromatic rings. The van der Waals surface area contributed by atoms with E-state index in [4.69, 9.17) is 4.98 Å². The molecule has 7 nitrogen and oxygen atoms in total. The molecule has 1 aromatic carbocycles. The number of amides is 1. The summed E-state index contributed by atoms with van der Waals surface area (Å²) in [5.41, 5.74) is 2.94. The largest absolute Gasteiger partial charge is 0.342 e. The molecule has 3 aromatic heterocycles. The maximum absolute atomic E-state index is 12.8. The molecular weight excluding hydrogens is 384 g/mol. The van der Waals surface area contributed by atoms with E-state index >= 15 is 0 Å². The zero-order valence-electron chi connectivity index (χ0n) is 16.5. The summed E-state index contributed by atoms with van der Waals surface area (Å²) >= 11 is 1.78. The Hall–Kier alpha value is -2.87. The molecular formula is C21H22N6OS. The van der Waals surface area contributed by atoms with E-state index in [0.717, 1.165) is 42.8 Å². The Morgan fingerprint density at radius 1 is 1.14 bits per heavy atom. The SMILES string of the molecule is Cc1cc(C)n2nc(CC(=O)N3CCC(c4nc5ccccc5s4)CC3)nc2n1. The quantitative estimate of drug-likeness (QED) is 0.522. The predicted molar refractivity (Wildman–Crippen MR) is 112 cm³/mol. The molecule has 0 N–H and O–H groups in total. The Balaban J connectivity index is 1.25. The molecule has 148 valence electrons. The van der Waals surface area contributed by atoms with Crippen molar-refractivity contribution in [3.8, 4) is 0 Å². The third-order valence-corrected chi connectivity index (χ3v) is 6.68. The van der Waals surface area contributed by atoms with Crippen molar-refractivity contribution in [2.45, 2.75) is 39.0 Å². The smallest absolute Gasteiger partial charge is 0.252 e. The van der Waals surface area contributed by atoms with Crippen LogP contribution in [0.3, 0.4) is 0 Å². The number of para-hydroxylation sites is 1. The molecule has 0 aliphatic carbocycles. The van der Waals surface area contributed by atoms with Gasteiger partial charge >= 0.3 is 0 Å². The van der Waals surface area contributed by atoms with Crippen molar-refractivity contribution in [3.63, 3.8) is 0 Å². The first-order valence-corrected chi connectivity index (χ1v) is 10.7. The fraction of sp³-hybridized carbons (Fsp3) is 0.381. The van der Waals surface area contributed by atoms with Crippen LogP contribution >= 0.6 is 11.3 Å². The van der Waals surface area contributed by atoms with E-state index in [9.17, 15) is 4.79 Å². The van der Waals surface area contributed by atoms with E-state index in [1.54, 1.807) is 15.9 Å². The number of aromatic nitrogens is 5. The van der Waals surface area contributed by atoms with Gasteiger partial charge in [-0.05, 0) is 44.9 Å². The van der Waals surface area contributed by atoms with Crippen LogP contribution in [0.15, 0.2) is 30.3 Å². The van der Waals surface area contributed by atoms with Crippen LogP contribution in [0.1, 0.15) is 41.0 Å². The minimum Gasteiger partial charge on any atom is -0.342 e. The van der Waals surface area contributed by atoms with Gasteiger partial charge in [0.2, 0.25) is 5.91 Å². The van der Waals surface area contributed by atoms with Crippen LogP contribution in [-0.2, 0) is 11.2 Å². The average molecular weight is 407 g/mol. The van der Waals surface area contributed by atoms with Gasteiger partial charge in [-0.1, -0.05) is 12.1 Å². The Bertz CT molecular complexity index is 1170. The number of fused-ring (bicyclic) bond motifs is 2. The first-order chi connectivity index (χ1) is 14.1. The zero-order valence-corrected chi connectivity index (χ0v) is 17.3. The van der Waals surface area contributed by atoms with Crippen LogP contribution in [0.2, 0.25) is 0 Å². The van der Waals surface area contributed by atoms with E-state index in [2.05, 4.69) is 33.3 Å². The highest BCUT2D eigenvalue weighted by atomic mass is 32.1. The van der Waals surface area contributed by atoms with Crippen molar-refractivity contribution in [2.75, 3.05) is 13.1 Å². The van der Waals surface area contributed by atoms with E-state index in [-0.39, 0.29) is 12.3 Å². The molecule has 8 heteroatoms. The molecule has 0 atom stereocenters. The lowest BCUT2D eigenvalue weighted by atomic mass is 9.97. The summed E-state index contributed by atoms with van der Waals surface area (Å²) in [5.74, 6) is 1.60. The molecule has 1 fully saturated rings. The summed E-state index contributed by atoms with van der Waals surface area (Å²) in [6.45, 7) is 5.41. The molecule has 0 radical (unpaired) electrons. The highest BCUT2D eigenvalue weighted by Crippen LogP contribution is 2.33. The number of hydrogen-bond donors (Lipinski definition) is 0. The summed E-state index contributed by atoms with van der Waals surface area (Å²) in [6, 6.07) is 10.2. The molecule has 5 rings (SSSR count). The highest BCUT2D eigenvalue weighted by Gasteiger charge is 2.26. The lowest BCUT2D eigenvalue weighted by molar-refractivity contribution is -0.131. The molecule has 0 bridgehead atoms. The van der Waals surface area contributed by atoms with Gasteiger partial charge in [0.15, 0.2) is 5.82 Å². The van der Waals surface area contributed by atoms with Crippen molar-refractivity contribution >= 4 is 33.2 Å². The van der Waals surface area contributed by atoms with Crippen molar-refractivity contribution in [1.82, 2.24) is 29.5 Å². The number of carbonyl (C=O) groups excluding carboxylic acids is 1. The maximum atomic E-state index is 12.8. The first kappa shape index (κ1) is 18.2. The topological polar surface area (TPSA) is 76.3 Å². The number of thiazole rings is 1. The second-order valence-corrected chi connectivity index (χ2v) is 8.69. The monoisotopic (exact) mass is 406 g/mol. The second kappa shape index (κ2) is 7.18. The van der Waals surface area contributed by atoms with Gasteiger partial charge in [-0.2, -0.15) is 4.98 Å². The fourth-order valence-electron chi connectivity index (χ4n) is 3.97. The van der Waals surface area contributed by atoms with Crippen LogP contribution in [0, 0.1) is 13.8 Å². The number of aryl methyl sites for hydroxylation is 2. The molecule has 1 aliphatic heterocycles. The minimum atomic E-state index is 0.0815. The van der Waals surface area contributed by atoms with E-state index in [1.165, 1.54) is 9.71 Å². The van der Waals surface area contributed by atoms with E-state index in [0.29, 0.717) is 17.5 Å². The van der Waals surface area contributed by atoms with Gasteiger partial charge in [-0.3, -0.25) is 4.79 Å². The normalized spacial score (nSPS) is 15.4. The van der Waals surface area contributed by atoms with Crippen molar-refractivity contribution in [1.29, 1.82) is 0 Å². The lowest BCUT2D eigenvalue weighted by Crippen LogP contribution is -2.38. The predicted octanol–water partition coefficient (Wildman–Crippen LogP) is 3.30. The fourth-order valence-corrected chi connectivity index (χ4v) is 5.11. The number of piperidine rings is 1. The highest BCUT2D eigenvalue weighted by molar-refractivity contribution is 7.18. The zero-order chi connectivity index (χ0) is 20.0. The molecule has 1 aliphatic rings. The van der Waals surface area contributed by atoms with Crippen LogP contribution in [0.5, 0.6) is 0 Å². The minimum absolute atomic E-state index is 0.0815. The third kappa shape index (κ3) is 3.48. The molecule has 0 spiro atoms. The molecule has 4 heterocycles. The summed E-state index contributed by atoms with van der Waals surface area (Å²) in [4.78, 5) is 28.4. The summed E-state index contributed by atoms with van der Waals surface area (Å²) < 4.78 is 2.94. The summed E-state index contributed by atoms with van der Waals surface area (Å²) in [5, 5.41) is 5.65. The van der Waals surface area contributed by atoms with Crippen LogP contribution < -0.4 is 0 Å². The van der Waals surface area contributed by atoms with Gasteiger partial charge in [0, 0.05) is 30.4 Å². The Morgan fingerprint density at radius 2 is 1.93 bits per heavy atom. The average Bonchev–Trinajstić information content (AvgIpc) is 3.32. The van der Waals surface area contributed by atoms with Crippen LogP contribution in [0.4, 0.5) is 0 Å². The molecule has 29 heavy (non-hydrogen) atoms. The van der Waals surface area contributed by atoms with Crippen LogP contribution in [0.25, 0.3) is 16.0 Å². The van der Waals surface area contributed by atoms with Gasteiger partial charge < -0.3 is 4.90 Å². The lowest BCUT2D eigenvalue weighted by Gasteiger charge is -2.30. The number of hydrogen-bond acceptors (Lipinski definition) is 6. The summed E-state index contributed by atoms with van der Waals surface area (Å²) in [7, 11) is 0. The number of carbonyl (C=O) groups is 1. The standard InChI is InChI=1S/C21H22N6OS/c1-13-11-14(2)27-21(22-13)24-18(25-27)12-19(28)26-9-7-15(8-10-26)20-23-16-5-3-4-6-17(16)29-20/h3-6,11,15H,7-10,12H2,1-2H3. The second-order valence-electron chi connectivity index (χ2n) is 7.63. The van der Waals surface area contributed by atoms with Gasteiger partial charge in [-0.25, -0.2) is 14.5 Å². The van der Waals surface area contributed by atoms with Crippen molar-refractivity contribution in [3.05, 3.63) is 52.6 Å². The number of nitrogens with zero attached hydrogens (tertiary/aromatic N) is 6. The van der Waals surface area contributed by atoms with E-state index < -0.39 is 0 Å². The van der Waals surface area contributed by atoms with Gasteiger partial charge in [0.1, 0.15) is 0 Å². The van der Waals surface area contributed by atoms with Crippen molar-refractivity contribution in [2.24, 2.45) is 0 Å². The molecule has 0 saturated carbocycles. The van der Waals surface area contributed by atoms with Gasteiger partial charge in [0.05, 0.1) is 21.6 Å². The Labute approximate surface area is 172 Å². The van der Waals surface area contributed by atoms with Gasteiger partial charge in [0.25, 0.3) is 5.78 Å². The molecule has 1 amide bonds. The van der Waals surface area contributed by atoms with E-state index in [1.807, 2.05) is 30.9 Å². The maximum Gasteiger partial charge on any atom is 0.252 e.